The molecule has 146 valence electrons. The molecule has 2 nitrogen and oxygen atoms in total. The topological polar surface area (TPSA) is 7.12 Å². The van der Waals surface area contributed by atoms with Crippen molar-refractivity contribution in [2.45, 2.75) is 45.4 Å². The summed E-state index contributed by atoms with van der Waals surface area (Å²) in [4.78, 5) is 2.56. The average Bonchev–Trinajstić information content (AvgIpc) is 3.18. The lowest BCUT2D eigenvalue weighted by atomic mass is 10.0. The number of thiazole rings is 1. The number of allylic oxidation sites excluding steroid dienone is 4. The molecule has 2 aliphatic rings. The number of hydrogen-bond donors (Lipinski definition) is 0. The Morgan fingerprint density at radius 2 is 2.07 bits per heavy atom. The van der Waals surface area contributed by atoms with Gasteiger partial charge in [-0.15, -0.1) is 0 Å². The van der Waals surface area contributed by atoms with Gasteiger partial charge in [0.2, 0.25) is 5.52 Å². The zero-order valence-corrected chi connectivity index (χ0v) is 19.0. The van der Waals surface area contributed by atoms with Gasteiger partial charge in [0, 0.05) is 18.7 Å². The van der Waals surface area contributed by atoms with E-state index in [1.54, 1.807) is 0 Å². The van der Waals surface area contributed by atoms with Crippen LogP contribution in [0, 0.1) is 6.92 Å². The summed E-state index contributed by atoms with van der Waals surface area (Å²) in [6.07, 6.45) is 12.9. The van der Waals surface area contributed by atoms with E-state index >= 15 is 0 Å². The van der Waals surface area contributed by atoms with Crippen molar-refractivity contribution in [3.63, 3.8) is 0 Å². The van der Waals surface area contributed by atoms with E-state index < -0.39 is 0 Å². The Hall–Kier alpha value is -1.78. The Labute approximate surface area is 176 Å². The lowest BCUT2D eigenvalue weighted by Crippen LogP contribution is -2.33. The molecule has 1 saturated heterocycles. The highest BCUT2D eigenvalue weighted by molar-refractivity contribution is 8.04. The van der Waals surface area contributed by atoms with E-state index in [2.05, 4.69) is 92.8 Å². The number of aromatic nitrogens is 1. The van der Waals surface area contributed by atoms with Crippen molar-refractivity contribution in [1.82, 2.24) is 4.90 Å². The minimum Gasteiger partial charge on any atom is -0.359 e. The standard InChI is InChI=1S/C24H29N2S2/c1-6-18(14-23-25(5)19-12-16(3)8-10-21(19)27-23)15-24-26(7-2)20-13-17(4)9-11-22(20)28-24/h8-15,20,22H,6-7H2,1-5H3/q+1. The molecule has 0 bridgehead atoms. The van der Waals surface area contributed by atoms with Gasteiger partial charge in [-0.3, -0.25) is 0 Å². The number of thioether (sulfide) groups is 1. The number of likely N-dealkylation sites (N-methyl/N-ethyl adjacent to an activating group) is 1. The van der Waals surface area contributed by atoms with E-state index in [1.165, 1.54) is 37.0 Å². The molecule has 2 atom stereocenters. The molecule has 4 rings (SSSR count). The number of benzene rings is 1. The van der Waals surface area contributed by atoms with Crippen LogP contribution in [-0.2, 0) is 7.05 Å². The minimum atomic E-state index is 0.493. The van der Waals surface area contributed by atoms with E-state index in [-0.39, 0.29) is 0 Å². The number of aryl methyl sites for hydroxylation is 2. The number of hydrogen-bond acceptors (Lipinski definition) is 3. The van der Waals surface area contributed by atoms with Crippen molar-refractivity contribution in [1.29, 1.82) is 0 Å². The fourth-order valence-corrected chi connectivity index (χ4v) is 6.47. The zero-order valence-electron chi connectivity index (χ0n) is 17.4. The zero-order chi connectivity index (χ0) is 19.8. The molecule has 2 unspecified atom stereocenters. The molecule has 1 aromatic carbocycles. The fraction of sp³-hybridized carbons (Fsp3) is 0.375. The quantitative estimate of drug-likeness (QED) is 0.573. The van der Waals surface area contributed by atoms with Crippen LogP contribution in [0.5, 0.6) is 0 Å². The molecule has 0 spiro atoms. The molecular formula is C24H29N2S2+. The Morgan fingerprint density at radius 1 is 1.25 bits per heavy atom. The van der Waals surface area contributed by atoms with Crippen LogP contribution in [-0.4, -0.2) is 22.7 Å². The lowest BCUT2D eigenvalue weighted by Gasteiger charge is -2.26. The van der Waals surface area contributed by atoms with Gasteiger partial charge < -0.3 is 4.90 Å². The average molecular weight is 410 g/mol. The Morgan fingerprint density at radius 3 is 2.82 bits per heavy atom. The van der Waals surface area contributed by atoms with Crippen molar-refractivity contribution in [2.75, 3.05) is 6.54 Å². The van der Waals surface area contributed by atoms with E-state index in [4.69, 9.17) is 0 Å². The van der Waals surface area contributed by atoms with Crippen molar-refractivity contribution >= 4 is 39.4 Å². The normalized spacial score (nSPS) is 23.6. The first-order valence-corrected chi connectivity index (χ1v) is 11.8. The second-order valence-electron chi connectivity index (χ2n) is 7.65. The predicted molar refractivity (Wildman–Crippen MR) is 125 cm³/mol. The summed E-state index contributed by atoms with van der Waals surface area (Å²) in [5.41, 5.74) is 5.40. The smallest absolute Gasteiger partial charge is 0.262 e. The fourth-order valence-electron chi connectivity index (χ4n) is 3.96. The molecule has 28 heavy (non-hydrogen) atoms. The maximum absolute atomic E-state index is 2.56. The maximum atomic E-state index is 2.56. The van der Waals surface area contributed by atoms with Crippen molar-refractivity contribution in [3.8, 4) is 0 Å². The first-order valence-electron chi connectivity index (χ1n) is 10.1. The molecule has 0 saturated carbocycles. The number of rotatable bonds is 4. The van der Waals surface area contributed by atoms with Gasteiger partial charge in [0.25, 0.3) is 5.01 Å². The van der Waals surface area contributed by atoms with E-state index in [0.29, 0.717) is 11.3 Å². The summed E-state index contributed by atoms with van der Waals surface area (Å²) in [5, 5.41) is 3.26. The summed E-state index contributed by atoms with van der Waals surface area (Å²) in [6.45, 7) is 9.93. The van der Waals surface area contributed by atoms with E-state index in [0.717, 1.165) is 13.0 Å². The van der Waals surface area contributed by atoms with Gasteiger partial charge in [0.1, 0.15) is 11.7 Å². The summed E-state index contributed by atoms with van der Waals surface area (Å²) in [5.74, 6) is 0. The number of fused-ring (bicyclic) bond motifs is 2. The van der Waals surface area contributed by atoms with Crippen LogP contribution in [0.1, 0.15) is 37.8 Å². The molecule has 2 aromatic rings. The van der Waals surface area contributed by atoms with Crippen LogP contribution in [0.25, 0.3) is 16.3 Å². The summed E-state index contributed by atoms with van der Waals surface area (Å²) in [6, 6.07) is 7.22. The molecule has 1 fully saturated rings. The lowest BCUT2D eigenvalue weighted by molar-refractivity contribution is -0.642. The monoisotopic (exact) mass is 409 g/mol. The van der Waals surface area contributed by atoms with Gasteiger partial charge in [0.05, 0.1) is 16.3 Å². The van der Waals surface area contributed by atoms with Crippen molar-refractivity contribution in [2.24, 2.45) is 7.05 Å². The molecule has 2 heterocycles. The van der Waals surface area contributed by atoms with E-state index in [1.807, 2.05) is 23.1 Å². The summed E-state index contributed by atoms with van der Waals surface area (Å²) >= 11 is 3.88. The third kappa shape index (κ3) is 3.60. The molecule has 4 heteroatoms. The molecule has 1 aromatic heterocycles. The molecule has 1 aliphatic carbocycles. The molecule has 1 aliphatic heterocycles. The molecule has 0 amide bonds. The van der Waals surface area contributed by atoms with Crippen LogP contribution in [0.2, 0.25) is 0 Å². The minimum absolute atomic E-state index is 0.493. The second kappa shape index (κ2) is 7.92. The highest BCUT2D eigenvalue weighted by Crippen LogP contribution is 2.43. The summed E-state index contributed by atoms with van der Waals surface area (Å²) < 4.78 is 3.68. The first-order chi connectivity index (χ1) is 13.5. The highest BCUT2D eigenvalue weighted by Gasteiger charge is 2.35. The Kier molecular flexibility index (Phi) is 5.52. The highest BCUT2D eigenvalue weighted by atomic mass is 32.2. The van der Waals surface area contributed by atoms with Gasteiger partial charge in [-0.2, -0.15) is 4.57 Å². The summed E-state index contributed by atoms with van der Waals surface area (Å²) in [7, 11) is 2.18. The van der Waals surface area contributed by atoms with Gasteiger partial charge >= 0.3 is 0 Å². The van der Waals surface area contributed by atoms with Gasteiger partial charge in [-0.05, 0) is 50.5 Å². The van der Waals surface area contributed by atoms with E-state index in [9.17, 15) is 0 Å². The predicted octanol–water partition coefficient (Wildman–Crippen LogP) is 5.99. The third-order valence-corrected chi connectivity index (χ3v) is 8.07. The van der Waals surface area contributed by atoms with Crippen molar-refractivity contribution < 1.29 is 4.57 Å². The molecular weight excluding hydrogens is 380 g/mol. The van der Waals surface area contributed by atoms with Crippen LogP contribution in [0.3, 0.4) is 0 Å². The first kappa shape index (κ1) is 19.5. The largest absolute Gasteiger partial charge is 0.359 e. The van der Waals surface area contributed by atoms with Crippen LogP contribution < -0.4 is 4.57 Å². The van der Waals surface area contributed by atoms with Gasteiger partial charge in [-0.1, -0.05) is 59.9 Å². The van der Waals surface area contributed by atoms with Crippen LogP contribution in [0.4, 0.5) is 0 Å². The third-order valence-electron chi connectivity index (χ3n) is 5.61. The Balaban J connectivity index is 1.69. The van der Waals surface area contributed by atoms with Gasteiger partial charge in [0.15, 0.2) is 0 Å². The van der Waals surface area contributed by atoms with Crippen molar-refractivity contribution in [3.05, 3.63) is 69.2 Å². The van der Waals surface area contributed by atoms with Crippen LogP contribution in [0.15, 0.2) is 58.7 Å². The van der Waals surface area contributed by atoms with Gasteiger partial charge in [-0.25, -0.2) is 0 Å². The van der Waals surface area contributed by atoms with Crippen LogP contribution >= 0.6 is 23.1 Å². The number of nitrogens with zero attached hydrogens (tertiary/aromatic N) is 2. The second-order valence-corrected chi connectivity index (χ2v) is 9.92. The molecule has 0 radical (unpaired) electrons. The maximum Gasteiger partial charge on any atom is 0.262 e. The Bertz CT molecular complexity index is 1020. The molecule has 0 N–H and O–H groups in total. The SMILES string of the molecule is CCC(=Cc1sc2ccc(C)cc2[n+]1C)C=C1SC2C=CC(C)=CC2N1CC.